The fraction of sp³-hybridized carbons (Fsp3) is 0.500. The molecule has 1 aliphatic carbocycles. The van der Waals surface area contributed by atoms with Crippen molar-refractivity contribution in [2.75, 3.05) is 13.2 Å². The highest BCUT2D eigenvalue weighted by Gasteiger charge is 2.41. The third-order valence-corrected chi connectivity index (χ3v) is 3.98. The molecule has 2 rings (SSSR count). The zero-order chi connectivity index (χ0) is 13.0. The zero-order valence-electron chi connectivity index (χ0n) is 10.3. The minimum atomic E-state index is -0.00850. The van der Waals surface area contributed by atoms with E-state index in [1.165, 1.54) is 0 Å². The number of halogens is 1. The van der Waals surface area contributed by atoms with E-state index in [9.17, 15) is 4.79 Å². The Kier molecular flexibility index (Phi) is 4.40. The van der Waals surface area contributed by atoms with Crippen LogP contribution in [0.25, 0.3) is 0 Å². The Morgan fingerprint density at radius 3 is 2.83 bits per heavy atom. The molecule has 0 saturated heterocycles. The first-order valence-electron chi connectivity index (χ1n) is 6.26. The van der Waals surface area contributed by atoms with E-state index in [-0.39, 0.29) is 17.9 Å². The maximum Gasteiger partial charge on any atom is 0.220 e. The number of aryl methyl sites for hydroxylation is 1. The number of amides is 1. The fourth-order valence-electron chi connectivity index (χ4n) is 1.89. The molecule has 0 bridgehead atoms. The third kappa shape index (κ3) is 3.82. The topological polar surface area (TPSA) is 49.3 Å². The molecule has 0 spiro atoms. The highest BCUT2D eigenvalue weighted by atomic mass is 79.9. The first-order chi connectivity index (χ1) is 8.63. The molecule has 0 radical (unpaired) electrons. The van der Waals surface area contributed by atoms with Crippen LogP contribution in [0, 0.1) is 5.41 Å². The fourth-order valence-corrected chi connectivity index (χ4v) is 2.34. The molecule has 18 heavy (non-hydrogen) atoms. The van der Waals surface area contributed by atoms with Gasteiger partial charge in [-0.15, -0.1) is 0 Å². The van der Waals surface area contributed by atoms with E-state index in [0.717, 1.165) is 29.3 Å². The van der Waals surface area contributed by atoms with Crippen LogP contribution in [0.4, 0.5) is 0 Å². The molecule has 0 heterocycles. The van der Waals surface area contributed by atoms with Gasteiger partial charge in [-0.1, -0.05) is 28.1 Å². The van der Waals surface area contributed by atoms with Gasteiger partial charge in [0, 0.05) is 22.9 Å². The van der Waals surface area contributed by atoms with Crippen molar-refractivity contribution in [2.24, 2.45) is 5.41 Å². The first-order valence-corrected chi connectivity index (χ1v) is 7.05. The number of aliphatic hydroxyl groups excluding tert-OH is 1. The van der Waals surface area contributed by atoms with E-state index < -0.39 is 0 Å². The highest BCUT2D eigenvalue weighted by Crippen LogP contribution is 2.44. The molecule has 4 heteroatoms. The SMILES string of the molecule is O=C(CCc1cccc(Br)c1)NCC1(CO)CC1. The molecule has 3 nitrogen and oxygen atoms in total. The van der Waals surface area contributed by atoms with Crippen LogP contribution in [-0.4, -0.2) is 24.2 Å². The van der Waals surface area contributed by atoms with Crippen LogP contribution in [0.5, 0.6) is 0 Å². The van der Waals surface area contributed by atoms with Crippen LogP contribution in [0.3, 0.4) is 0 Å². The van der Waals surface area contributed by atoms with E-state index in [1.807, 2.05) is 24.3 Å². The smallest absolute Gasteiger partial charge is 0.220 e. The number of hydrogen-bond donors (Lipinski definition) is 2. The third-order valence-electron chi connectivity index (χ3n) is 3.48. The summed E-state index contributed by atoms with van der Waals surface area (Å²) >= 11 is 3.42. The molecular weight excluding hydrogens is 294 g/mol. The van der Waals surface area contributed by atoms with E-state index in [4.69, 9.17) is 5.11 Å². The summed E-state index contributed by atoms with van der Waals surface area (Å²) in [5.74, 6) is 0.0645. The lowest BCUT2D eigenvalue weighted by atomic mass is 10.1. The summed E-state index contributed by atoms with van der Waals surface area (Å²) in [6.07, 6.45) is 3.29. The average molecular weight is 312 g/mol. The van der Waals surface area contributed by atoms with Crippen LogP contribution < -0.4 is 5.32 Å². The Morgan fingerprint density at radius 2 is 2.22 bits per heavy atom. The number of rotatable bonds is 6. The van der Waals surface area contributed by atoms with Gasteiger partial charge in [-0.25, -0.2) is 0 Å². The van der Waals surface area contributed by atoms with E-state index in [1.54, 1.807) is 0 Å². The van der Waals surface area contributed by atoms with Crippen molar-refractivity contribution < 1.29 is 9.90 Å². The molecule has 0 unspecified atom stereocenters. The number of nitrogens with one attached hydrogen (secondary N) is 1. The van der Waals surface area contributed by atoms with Crippen molar-refractivity contribution in [3.8, 4) is 0 Å². The summed E-state index contributed by atoms with van der Waals surface area (Å²) in [5.41, 5.74) is 1.15. The molecule has 0 aliphatic heterocycles. The first kappa shape index (κ1) is 13.6. The summed E-state index contributed by atoms with van der Waals surface area (Å²) in [4.78, 5) is 11.7. The molecule has 0 atom stereocenters. The second-order valence-corrected chi connectivity index (χ2v) is 5.98. The lowest BCUT2D eigenvalue weighted by Gasteiger charge is -2.12. The summed E-state index contributed by atoms with van der Waals surface area (Å²) in [7, 11) is 0. The van der Waals surface area contributed by atoms with Gasteiger partial charge in [0.2, 0.25) is 5.91 Å². The molecular formula is C14H18BrNO2. The predicted molar refractivity (Wildman–Crippen MR) is 74.2 cm³/mol. The van der Waals surface area contributed by atoms with Gasteiger partial charge in [0.15, 0.2) is 0 Å². The van der Waals surface area contributed by atoms with Crippen molar-refractivity contribution in [3.05, 3.63) is 34.3 Å². The zero-order valence-corrected chi connectivity index (χ0v) is 11.9. The number of benzene rings is 1. The van der Waals surface area contributed by atoms with Crippen molar-refractivity contribution in [1.29, 1.82) is 0 Å². The van der Waals surface area contributed by atoms with E-state index >= 15 is 0 Å². The minimum Gasteiger partial charge on any atom is -0.396 e. The number of aliphatic hydroxyl groups is 1. The van der Waals surface area contributed by atoms with Gasteiger partial charge in [0.25, 0.3) is 0 Å². The molecule has 1 aromatic rings. The molecule has 98 valence electrons. The van der Waals surface area contributed by atoms with Gasteiger partial charge in [-0.05, 0) is 37.0 Å². The van der Waals surface area contributed by atoms with Crippen LogP contribution in [0.2, 0.25) is 0 Å². The Morgan fingerprint density at radius 1 is 1.44 bits per heavy atom. The number of carbonyl (C=O) groups is 1. The van der Waals surface area contributed by atoms with Crippen LogP contribution in [0.15, 0.2) is 28.7 Å². The molecule has 1 saturated carbocycles. The Bertz CT molecular complexity index is 430. The van der Waals surface area contributed by atoms with Crippen LogP contribution in [0.1, 0.15) is 24.8 Å². The average Bonchev–Trinajstić information content (AvgIpc) is 3.15. The molecule has 1 aromatic carbocycles. The summed E-state index contributed by atoms with van der Waals surface area (Å²) in [6, 6.07) is 8.00. The minimum absolute atomic E-state index is 0.00850. The largest absolute Gasteiger partial charge is 0.396 e. The van der Waals surface area contributed by atoms with E-state index in [0.29, 0.717) is 13.0 Å². The molecule has 0 aromatic heterocycles. The highest BCUT2D eigenvalue weighted by molar-refractivity contribution is 9.10. The predicted octanol–water partition coefficient (Wildman–Crippen LogP) is 2.27. The Hall–Kier alpha value is -0.870. The maximum absolute atomic E-state index is 11.7. The van der Waals surface area contributed by atoms with Crippen molar-refractivity contribution in [2.45, 2.75) is 25.7 Å². The normalized spacial score (nSPS) is 16.3. The van der Waals surface area contributed by atoms with Crippen molar-refractivity contribution in [1.82, 2.24) is 5.32 Å². The van der Waals surface area contributed by atoms with Crippen LogP contribution in [-0.2, 0) is 11.2 Å². The summed E-state index contributed by atoms with van der Waals surface area (Å²) < 4.78 is 1.04. The molecule has 1 fully saturated rings. The maximum atomic E-state index is 11.7. The van der Waals surface area contributed by atoms with E-state index in [2.05, 4.69) is 21.2 Å². The Labute approximate surface area is 116 Å². The lowest BCUT2D eigenvalue weighted by Crippen LogP contribution is -2.31. The number of carbonyl (C=O) groups excluding carboxylic acids is 1. The molecule has 1 aliphatic rings. The van der Waals surface area contributed by atoms with Gasteiger partial charge in [-0.3, -0.25) is 4.79 Å². The quantitative estimate of drug-likeness (QED) is 0.846. The molecule has 2 N–H and O–H groups in total. The Balaban J connectivity index is 1.72. The monoisotopic (exact) mass is 311 g/mol. The van der Waals surface area contributed by atoms with Gasteiger partial charge < -0.3 is 10.4 Å². The standard InChI is InChI=1S/C14H18BrNO2/c15-12-3-1-2-11(8-12)4-5-13(18)16-9-14(10-17)6-7-14/h1-3,8,17H,4-7,9-10H2,(H,16,18). The van der Waals surface area contributed by atoms with Crippen molar-refractivity contribution in [3.63, 3.8) is 0 Å². The van der Waals surface area contributed by atoms with Crippen molar-refractivity contribution >= 4 is 21.8 Å². The summed E-state index contributed by atoms with van der Waals surface area (Å²) in [5, 5.41) is 12.1. The van der Waals surface area contributed by atoms with Gasteiger partial charge in [0.1, 0.15) is 0 Å². The van der Waals surface area contributed by atoms with Gasteiger partial charge in [-0.2, -0.15) is 0 Å². The lowest BCUT2D eigenvalue weighted by molar-refractivity contribution is -0.121. The second-order valence-electron chi connectivity index (χ2n) is 5.06. The number of hydrogen-bond acceptors (Lipinski definition) is 2. The summed E-state index contributed by atoms with van der Waals surface area (Å²) in [6.45, 7) is 0.791. The van der Waals surface area contributed by atoms with Gasteiger partial charge in [0.05, 0.1) is 6.61 Å². The van der Waals surface area contributed by atoms with Crippen LogP contribution >= 0.6 is 15.9 Å². The molecule has 1 amide bonds. The second kappa shape index (κ2) is 5.85. The van der Waals surface area contributed by atoms with Gasteiger partial charge >= 0.3 is 0 Å².